The van der Waals surface area contributed by atoms with Gasteiger partial charge in [-0.15, -0.1) is 0 Å². The smallest absolute Gasteiger partial charge is 0.258 e. The highest BCUT2D eigenvalue weighted by molar-refractivity contribution is 6.33. The molecule has 0 saturated heterocycles. The van der Waals surface area contributed by atoms with Crippen LogP contribution in [0.1, 0.15) is 42.2 Å². The SMILES string of the molecule is Nc1cc(NC(=O)c2ccccc2F)c2c(c1N)C(=O)c1ccccc1C2=O. The molecule has 7 heteroatoms. The lowest BCUT2D eigenvalue weighted by Crippen LogP contribution is -2.26. The number of rotatable bonds is 2. The van der Waals surface area contributed by atoms with Crippen LogP contribution >= 0.6 is 0 Å². The molecule has 0 atom stereocenters. The van der Waals surface area contributed by atoms with Crippen LogP contribution in [0.3, 0.4) is 0 Å². The van der Waals surface area contributed by atoms with Gasteiger partial charge in [-0.1, -0.05) is 36.4 Å². The number of carbonyl (C=O) groups is 3. The summed E-state index contributed by atoms with van der Waals surface area (Å²) in [4.78, 5) is 38.5. The first-order valence-corrected chi connectivity index (χ1v) is 8.36. The molecule has 138 valence electrons. The Kier molecular flexibility index (Phi) is 3.93. The summed E-state index contributed by atoms with van der Waals surface area (Å²) < 4.78 is 13.9. The van der Waals surface area contributed by atoms with Gasteiger partial charge in [0, 0.05) is 11.1 Å². The van der Waals surface area contributed by atoms with Crippen molar-refractivity contribution in [2.75, 3.05) is 16.8 Å². The third-order valence-corrected chi connectivity index (χ3v) is 4.64. The lowest BCUT2D eigenvalue weighted by atomic mass is 9.82. The van der Waals surface area contributed by atoms with Gasteiger partial charge in [-0.25, -0.2) is 4.39 Å². The van der Waals surface area contributed by atoms with E-state index in [1.54, 1.807) is 12.1 Å². The number of anilines is 3. The maximum atomic E-state index is 13.9. The highest BCUT2D eigenvalue weighted by Crippen LogP contribution is 2.38. The van der Waals surface area contributed by atoms with E-state index in [2.05, 4.69) is 5.32 Å². The van der Waals surface area contributed by atoms with Crippen LogP contribution in [0.25, 0.3) is 0 Å². The predicted octanol–water partition coefficient (Wildman–Crippen LogP) is 3.02. The predicted molar refractivity (Wildman–Crippen MR) is 103 cm³/mol. The van der Waals surface area contributed by atoms with E-state index < -0.39 is 23.3 Å². The molecule has 0 heterocycles. The average Bonchev–Trinajstić information content (AvgIpc) is 2.69. The Morgan fingerprint density at radius 1 is 0.857 bits per heavy atom. The Labute approximate surface area is 159 Å². The zero-order chi connectivity index (χ0) is 20.0. The molecule has 0 bridgehead atoms. The number of amides is 1. The summed E-state index contributed by atoms with van der Waals surface area (Å²) in [6, 6.07) is 13.0. The molecule has 1 amide bonds. The average molecular weight is 375 g/mol. The molecular weight excluding hydrogens is 361 g/mol. The Hall–Kier alpha value is -4.00. The van der Waals surface area contributed by atoms with E-state index in [1.807, 2.05) is 0 Å². The molecule has 0 aromatic heterocycles. The molecule has 1 aliphatic rings. The van der Waals surface area contributed by atoms with Gasteiger partial charge in [-0.3, -0.25) is 14.4 Å². The maximum Gasteiger partial charge on any atom is 0.258 e. The van der Waals surface area contributed by atoms with Crippen LogP contribution in [0.5, 0.6) is 0 Å². The van der Waals surface area contributed by atoms with E-state index in [0.717, 1.165) is 6.07 Å². The number of nitrogens with one attached hydrogen (secondary N) is 1. The molecule has 0 saturated carbocycles. The number of ketones is 2. The van der Waals surface area contributed by atoms with Gasteiger partial charge >= 0.3 is 0 Å². The summed E-state index contributed by atoms with van der Waals surface area (Å²) in [6.07, 6.45) is 0. The van der Waals surface area contributed by atoms with Crippen molar-refractivity contribution < 1.29 is 18.8 Å². The molecule has 28 heavy (non-hydrogen) atoms. The molecule has 3 aromatic carbocycles. The highest BCUT2D eigenvalue weighted by atomic mass is 19.1. The van der Waals surface area contributed by atoms with Crippen LogP contribution in [0.2, 0.25) is 0 Å². The first-order valence-electron chi connectivity index (χ1n) is 8.36. The molecule has 1 aliphatic carbocycles. The summed E-state index contributed by atoms with van der Waals surface area (Å²) in [7, 11) is 0. The third-order valence-electron chi connectivity index (χ3n) is 4.64. The zero-order valence-corrected chi connectivity index (χ0v) is 14.5. The summed E-state index contributed by atoms with van der Waals surface area (Å²) in [5.41, 5.74) is 12.0. The number of hydrogen-bond donors (Lipinski definition) is 3. The summed E-state index contributed by atoms with van der Waals surface area (Å²) in [5.74, 6) is -2.43. The van der Waals surface area contributed by atoms with Gasteiger partial charge in [-0.05, 0) is 18.2 Å². The van der Waals surface area contributed by atoms with E-state index in [-0.39, 0.29) is 44.9 Å². The highest BCUT2D eigenvalue weighted by Gasteiger charge is 2.34. The fourth-order valence-corrected chi connectivity index (χ4v) is 3.27. The molecular formula is C21H14FN3O3. The lowest BCUT2D eigenvalue weighted by molar-refractivity contribution is 0.0979. The zero-order valence-electron chi connectivity index (χ0n) is 14.5. The quantitative estimate of drug-likeness (QED) is 0.466. The first-order chi connectivity index (χ1) is 13.4. The topological polar surface area (TPSA) is 115 Å². The number of hydrogen-bond acceptors (Lipinski definition) is 5. The second-order valence-electron chi connectivity index (χ2n) is 6.31. The Bertz CT molecular complexity index is 1190. The maximum absolute atomic E-state index is 13.9. The summed E-state index contributed by atoms with van der Waals surface area (Å²) in [5, 5.41) is 2.49. The molecule has 0 radical (unpaired) electrons. The number of fused-ring (bicyclic) bond motifs is 2. The normalized spacial score (nSPS) is 12.3. The van der Waals surface area contributed by atoms with Crippen LogP contribution in [-0.4, -0.2) is 17.5 Å². The minimum Gasteiger partial charge on any atom is -0.397 e. The first kappa shape index (κ1) is 17.4. The van der Waals surface area contributed by atoms with Crippen molar-refractivity contribution in [1.29, 1.82) is 0 Å². The minimum atomic E-state index is -0.774. The van der Waals surface area contributed by atoms with Crippen molar-refractivity contribution in [2.45, 2.75) is 0 Å². The minimum absolute atomic E-state index is 0.00260. The van der Waals surface area contributed by atoms with Crippen LogP contribution in [-0.2, 0) is 0 Å². The third kappa shape index (κ3) is 2.52. The summed E-state index contributed by atoms with van der Waals surface area (Å²) >= 11 is 0. The molecule has 6 nitrogen and oxygen atoms in total. The van der Waals surface area contributed by atoms with Crippen LogP contribution in [0.15, 0.2) is 54.6 Å². The van der Waals surface area contributed by atoms with Crippen LogP contribution in [0, 0.1) is 5.82 Å². The van der Waals surface area contributed by atoms with Crippen LogP contribution in [0.4, 0.5) is 21.5 Å². The number of halogens is 1. The second-order valence-corrected chi connectivity index (χ2v) is 6.31. The summed E-state index contributed by atoms with van der Waals surface area (Å²) in [6.45, 7) is 0. The largest absolute Gasteiger partial charge is 0.397 e. The molecule has 3 aromatic rings. The molecule has 0 spiro atoms. The van der Waals surface area contributed by atoms with Gasteiger partial charge in [0.1, 0.15) is 5.82 Å². The number of nitrogen functional groups attached to an aromatic ring is 2. The fraction of sp³-hybridized carbons (Fsp3) is 0. The van der Waals surface area contributed by atoms with Gasteiger partial charge in [0.25, 0.3) is 5.91 Å². The molecule has 0 fully saturated rings. The number of benzene rings is 3. The van der Waals surface area contributed by atoms with E-state index in [4.69, 9.17) is 11.5 Å². The van der Waals surface area contributed by atoms with Gasteiger partial charge in [0.15, 0.2) is 11.6 Å². The number of carbonyl (C=O) groups excluding carboxylic acids is 3. The Morgan fingerprint density at radius 3 is 2.07 bits per heavy atom. The van der Waals surface area contributed by atoms with Crippen molar-refractivity contribution in [3.8, 4) is 0 Å². The lowest BCUT2D eigenvalue weighted by Gasteiger charge is -2.23. The molecule has 0 aliphatic heterocycles. The van der Waals surface area contributed by atoms with E-state index in [1.165, 1.54) is 36.4 Å². The standard InChI is InChI=1S/C21H14FN3O3/c22-13-8-4-3-7-12(13)21(28)25-15-9-14(23)18(24)17-16(15)19(26)10-5-1-2-6-11(10)20(17)27/h1-9H,23-24H2,(H,25,28). The number of nitrogens with two attached hydrogens (primary N) is 2. The van der Waals surface area contributed by atoms with Crippen LogP contribution < -0.4 is 16.8 Å². The van der Waals surface area contributed by atoms with E-state index >= 15 is 0 Å². The van der Waals surface area contributed by atoms with Gasteiger partial charge in [0.05, 0.1) is 33.8 Å². The molecule has 4 rings (SSSR count). The Balaban J connectivity index is 1.88. The fourth-order valence-electron chi connectivity index (χ4n) is 3.27. The van der Waals surface area contributed by atoms with Gasteiger partial charge in [-0.2, -0.15) is 0 Å². The van der Waals surface area contributed by atoms with Crippen molar-refractivity contribution >= 4 is 34.5 Å². The molecule has 5 N–H and O–H groups in total. The van der Waals surface area contributed by atoms with E-state index in [0.29, 0.717) is 0 Å². The van der Waals surface area contributed by atoms with Crippen molar-refractivity contribution in [3.05, 3.63) is 88.2 Å². The monoisotopic (exact) mass is 375 g/mol. The van der Waals surface area contributed by atoms with Crippen molar-refractivity contribution in [2.24, 2.45) is 0 Å². The second kappa shape index (κ2) is 6.31. The van der Waals surface area contributed by atoms with Gasteiger partial charge in [0.2, 0.25) is 0 Å². The van der Waals surface area contributed by atoms with Crippen molar-refractivity contribution in [3.63, 3.8) is 0 Å². The van der Waals surface area contributed by atoms with E-state index in [9.17, 15) is 18.8 Å². The Morgan fingerprint density at radius 2 is 1.43 bits per heavy atom. The molecule has 0 unspecified atom stereocenters. The van der Waals surface area contributed by atoms with Crippen molar-refractivity contribution in [1.82, 2.24) is 0 Å². The van der Waals surface area contributed by atoms with Gasteiger partial charge < -0.3 is 16.8 Å².